The van der Waals surface area contributed by atoms with Crippen molar-refractivity contribution < 1.29 is 9.53 Å². The van der Waals surface area contributed by atoms with Crippen molar-refractivity contribution in [3.63, 3.8) is 0 Å². The van der Waals surface area contributed by atoms with Crippen LogP contribution in [0, 0.1) is 5.41 Å². The maximum atomic E-state index is 12.3. The Labute approximate surface area is 100 Å². The highest BCUT2D eigenvalue weighted by Gasteiger charge is 2.35. The van der Waals surface area contributed by atoms with E-state index < -0.39 is 0 Å². The molecule has 1 atom stereocenters. The zero-order valence-electron chi connectivity index (χ0n) is 9.75. The molecule has 1 aliphatic rings. The minimum Gasteiger partial charge on any atom is -0.377 e. The lowest BCUT2D eigenvalue weighted by Gasteiger charge is -2.39. The van der Waals surface area contributed by atoms with Gasteiger partial charge in [0.1, 0.15) is 0 Å². The van der Waals surface area contributed by atoms with Crippen LogP contribution in [0.5, 0.6) is 0 Å². The maximum absolute atomic E-state index is 12.3. The number of morpholine rings is 1. The van der Waals surface area contributed by atoms with Gasteiger partial charge in [-0.1, -0.05) is 36.7 Å². The molecule has 0 bridgehead atoms. The second-order valence-electron chi connectivity index (χ2n) is 4.62. The molecule has 0 N–H and O–H groups in total. The molecule has 88 valence electrons. The first-order valence-electron chi connectivity index (χ1n) is 5.47. The number of rotatable bonds is 3. The van der Waals surface area contributed by atoms with Crippen molar-refractivity contribution in [2.24, 2.45) is 5.41 Å². The van der Waals surface area contributed by atoms with E-state index in [0.29, 0.717) is 13.2 Å². The molecule has 1 rings (SSSR count). The molecule has 15 heavy (non-hydrogen) atoms. The van der Waals surface area contributed by atoms with Crippen LogP contribution in [-0.2, 0) is 9.53 Å². The smallest absolute Gasteiger partial charge is 0.228 e. The van der Waals surface area contributed by atoms with Gasteiger partial charge in [-0.3, -0.25) is 4.79 Å². The number of hydrogen-bond donors (Lipinski definition) is 0. The van der Waals surface area contributed by atoms with E-state index in [0.717, 1.165) is 18.3 Å². The van der Waals surface area contributed by atoms with Crippen LogP contribution in [0.4, 0.5) is 0 Å². The number of alkyl halides is 1. The zero-order valence-corrected chi connectivity index (χ0v) is 11.3. The minimum atomic E-state index is -0.252. The molecule has 1 saturated heterocycles. The highest BCUT2D eigenvalue weighted by molar-refractivity contribution is 9.09. The monoisotopic (exact) mass is 277 g/mol. The lowest BCUT2D eigenvalue weighted by atomic mass is 9.88. The SMILES string of the molecule is CCC(C)(C)C(=O)N1CCOCC1CBr. The first-order valence-corrected chi connectivity index (χ1v) is 6.60. The van der Waals surface area contributed by atoms with Crippen molar-refractivity contribution >= 4 is 21.8 Å². The number of carbonyl (C=O) groups is 1. The Morgan fingerprint density at radius 2 is 2.27 bits per heavy atom. The van der Waals surface area contributed by atoms with Gasteiger partial charge in [0.25, 0.3) is 0 Å². The molecule has 1 unspecified atom stereocenters. The molecule has 0 radical (unpaired) electrons. The van der Waals surface area contributed by atoms with Crippen molar-refractivity contribution in [1.82, 2.24) is 4.90 Å². The fourth-order valence-electron chi connectivity index (χ4n) is 1.59. The summed E-state index contributed by atoms with van der Waals surface area (Å²) in [5.41, 5.74) is -0.252. The van der Waals surface area contributed by atoms with Crippen molar-refractivity contribution in [1.29, 1.82) is 0 Å². The van der Waals surface area contributed by atoms with Gasteiger partial charge in [0.05, 0.1) is 19.3 Å². The topological polar surface area (TPSA) is 29.5 Å². The third kappa shape index (κ3) is 2.94. The van der Waals surface area contributed by atoms with E-state index in [1.807, 2.05) is 18.7 Å². The van der Waals surface area contributed by atoms with Gasteiger partial charge < -0.3 is 9.64 Å². The lowest BCUT2D eigenvalue weighted by molar-refractivity contribution is -0.148. The summed E-state index contributed by atoms with van der Waals surface area (Å²) in [5, 5.41) is 0.790. The molecule has 0 aromatic heterocycles. The van der Waals surface area contributed by atoms with Gasteiger partial charge in [-0.2, -0.15) is 0 Å². The van der Waals surface area contributed by atoms with Crippen LogP contribution in [0.2, 0.25) is 0 Å². The minimum absolute atomic E-state index is 0.192. The number of hydrogen-bond acceptors (Lipinski definition) is 2. The Kier molecular flexibility index (Phi) is 4.59. The average Bonchev–Trinajstić information content (AvgIpc) is 2.28. The first-order chi connectivity index (χ1) is 7.03. The molecule has 0 aromatic rings. The third-order valence-electron chi connectivity index (χ3n) is 3.13. The van der Waals surface area contributed by atoms with E-state index in [1.165, 1.54) is 0 Å². The zero-order chi connectivity index (χ0) is 11.5. The summed E-state index contributed by atoms with van der Waals surface area (Å²) in [6, 6.07) is 0.192. The summed E-state index contributed by atoms with van der Waals surface area (Å²) in [4.78, 5) is 14.2. The van der Waals surface area contributed by atoms with Gasteiger partial charge in [0.15, 0.2) is 0 Å². The second-order valence-corrected chi connectivity index (χ2v) is 5.27. The summed E-state index contributed by atoms with van der Waals surface area (Å²) < 4.78 is 5.38. The van der Waals surface area contributed by atoms with Crippen molar-refractivity contribution in [3.05, 3.63) is 0 Å². The first kappa shape index (κ1) is 13.0. The molecule has 1 heterocycles. The van der Waals surface area contributed by atoms with Crippen molar-refractivity contribution in [2.75, 3.05) is 25.1 Å². The van der Waals surface area contributed by atoms with E-state index in [1.54, 1.807) is 0 Å². The fourth-order valence-corrected chi connectivity index (χ4v) is 2.13. The molecule has 0 spiro atoms. The molecule has 1 fully saturated rings. The van der Waals surface area contributed by atoms with Gasteiger partial charge >= 0.3 is 0 Å². The average molecular weight is 278 g/mol. The molecule has 4 heteroatoms. The Balaban J connectivity index is 2.72. The van der Waals surface area contributed by atoms with E-state index >= 15 is 0 Å². The van der Waals surface area contributed by atoms with E-state index in [4.69, 9.17) is 4.74 Å². The molecular weight excluding hydrogens is 258 g/mol. The van der Waals surface area contributed by atoms with Crippen LogP contribution >= 0.6 is 15.9 Å². The van der Waals surface area contributed by atoms with E-state index in [-0.39, 0.29) is 17.4 Å². The van der Waals surface area contributed by atoms with Crippen molar-refractivity contribution in [2.45, 2.75) is 33.2 Å². The standard InChI is InChI=1S/C11H20BrNO2/c1-4-11(2,3)10(14)13-5-6-15-8-9(13)7-12/h9H,4-8H2,1-3H3. The predicted molar refractivity (Wildman–Crippen MR) is 64.2 cm³/mol. The normalized spacial score (nSPS) is 22.9. The highest BCUT2D eigenvalue weighted by Crippen LogP contribution is 2.25. The summed E-state index contributed by atoms with van der Waals surface area (Å²) in [6.45, 7) is 8.11. The Morgan fingerprint density at radius 1 is 1.60 bits per heavy atom. The summed E-state index contributed by atoms with van der Waals surface area (Å²) in [5.74, 6) is 0.248. The molecule has 0 aliphatic carbocycles. The number of carbonyl (C=O) groups excluding carboxylic acids is 1. The van der Waals surface area contributed by atoms with Gasteiger partial charge in [0, 0.05) is 17.3 Å². The van der Waals surface area contributed by atoms with E-state index in [2.05, 4.69) is 22.9 Å². The molecular formula is C11H20BrNO2. The van der Waals surface area contributed by atoms with Crippen molar-refractivity contribution in [3.8, 4) is 0 Å². The third-order valence-corrected chi connectivity index (χ3v) is 3.88. The van der Waals surface area contributed by atoms with Gasteiger partial charge in [-0.25, -0.2) is 0 Å². The Morgan fingerprint density at radius 3 is 2.80 bits per heavy atom. The summed E-state index contributed by atoms with van der Waals surface area (Å²) in [7, 11) is 0. The predicted octanol–water partition coefficient (Wildman–Crippen LogP) is 2.04. The summed E-state index contributed by atoms with van der Waals surface area (Å²) >= 11 is 3.43. The van der Waals surface area contributed by atoms with Crippen LogP contribution in [-0.4, -0.2) is 41.9 Å². The Hall–Kier alpha value is -0.0900. The fraction of sp³-hybridized carbons (Fsp3) is 0.909. The van der Waals surface area contributed by atoms with Crippen LogP contribution in [0.15, 0.2) is 0 Å². The molecule has 1 aliphatic heterocycles. The molecule has 0 saturated carbocycles. The van der Waals surface area contributed by atoms with Gasteiger partial charge in [-0.15, -0.1) is 0 Å². The van der Waals surface area contributed by atoms with Crippen LogP contribution in [0.1, 0.15) is 27.2 Å². The number of amides is 1. The number of halogens is 1. The van der Waals surface area contributed by atoms with Gasteiger partial charge in [-0.05, 0) is 6.42 Å². The van der Waals surface area contributed by atoms with Crippen LogP contribution in [0.3, 0.4) is 0 Å². The largest absolute Gasteiger partial charge is 0.377 e. The number of nitrogens with zero attached hydrogens (tertiary/aromatic N) is 1. The Bertz CT molecular complexity index is 231. The quantitative estimate of drug-likeness (QED) is 0.739. The van der Waals surface area contributed by atoms with E-state index in [9.17, 15) is 4.79 Å². The second kappa shape index (κ2) is 5.30. The highest BCUT2D eigenvalue weighted by atomic mass is 79.9. The summed E-state index contributed by atoms with van der Waals surface area (Å²) in [6.07, 6.45) is 0.873. The number of ether oxygens (including phenoxy) is 1. The lowest BCUT2D eigenvalue weighted by Crippen LogP contribution is -2.53. The molecule has 1 amide bonds. The van der Waals surface area contributed by atoms with Gasteiger partial charge in [0.2, 0.25) is 5.91 Å². The maximum Gasteiger partial charge on any atom is 0.228 e. The molecule has 0 aromatic carbocycles. The van der Waals surface area contributed by atoms with Crippen LogP contribution < -0.4 is 0 Å². The molecule has 3 nitrogen and oxygen atoms in total. The van der Waals surface area contributed by atoms with Crippen LogP contribution in [0.25, 0.3) is 0 Å².